The summed E-state index contributed by atoms with van der Waals surface area (Å²) in [5.41, 5.74) is 1.02. The zero-order chi connectivity index (χ0) is 10.6. The number of rotatable bonds is 3. The molecule has 0 aromatic carbocycles. The highest BCUT2D eigenvalue weighted by molar-refractivity contribution is 5.94. The van der Waals surface area contributed by atoms with Gasteiger partial charge >= 0.3 is 0 Å². The molecule has 0 aliphatic heterocycles. The molecule has 0 bridgehead atoms. The van der Waals surface area contributed by atoms with E-state index in [0.29, 0.717) is 0 Å². The first-order chi connectivity index (χ1) is 6.67. The Bertz CT molecular complexity index is 325. The normalized spacial score (nSPS) is 11.9. The molecule has 0 spiro atoms. The van der Waals surface area contributed by atoms with E-state index < -0.39 is 0 Å². The number of hydrogen-bond donors (Lipinski definition) is 1. The van der Waals surface area contributed by atoms with E-state index in [-0.39, 0.29) is 0 Å². The molecular weight excluding hydrogens is 176 g/mol. The second-order valence-electron chi connectivity index (χ2n) is 3.19. The van der Waals surface area contributed by atoms with E-state index in [1.165, 1.54) is 0 Å². The van der Waals surface area contributed by atoms with Crippen LogP contribution in [0.15, 0.2) is 11.1 Å². The number of aliphatic imine (C=N–C) groups is 1. The van der Waals surface area contributed by atoms with Crippen molar-refractivity contribution in [1.82, 2.24) is 9.78 Å². The highest BCUT2D eigenvalue weighted by atomic mass is 15.3. The molecule has 1 heterocycles. The van der Waals surface area contributed by atoms with Gasteiger partial charge in [-0.15, -0.1) is 0 Å². The SMILES string of the molecule is CCN=C(CC)Nc1cc(C)nn1C. The molecule has 0 unspecified atom stereocenters. The molecular formula is C10H18N4. The van der Waals surface area contributed by atoms with Crippen molar-refractivity contribution in [3.8, 4) is 0 Å². The molecule has 0 saturated heterocycles. The third-order valence-corrected chi connectivity index (χ3v) is 1.96. The van der Waals surface area contributed by atoms with Crippen LogP contribution in [0.3, 0.4) is 0 Å². The Morgan fingerprint density at radius 3 is 2.71 bits per heavy atom. The summed E-state index contributed by atoms with van der Waals surface area (Å²) >= 11 is 0. The molecule has 0 amide bonds. The molecule has 1 aromatic rings. The number of aryl methyl sites for hydroxylation is 2. The molecule has 1 rings (SSSR count). The molecule has 0 radical (unpaired) electrons. The first-order valence-electron chi connectivity index (χ1n) is 4.98. The molecule has 4 nitrogen and oxygen atoms in total. The minimum absolute atomic E-state index is 0.813. The fraction of sp³-hybridized carbons (Fsp3) is 0.600. The van der Waals surface area contributed by atoms with Crippen molar-refractivity contribution in [2.75, 3.05) is 11.9 Å². The minimum atomic E-state index is 0.813. The lowest BCUT2D eigenvalue weighted by Gasteiger charge is -2.07. The zero-order valence-electron chi connectivity index (χ0n) is 9.33. The van der Waals surface area contributed by atoms with Crippen molar-refractivity contribution in [2.45, 2.75) is 27.2 Å². The van der Waals surface area contributed by atoms with Gasteiger partial charge in [0.15, 0.2) is 0 Å². The summed E-state index contributed by atoms with van der Waals surface area (Å²) in [5, 5.41) is 7.53. The van der Waals surface area contributed by atoms with Gasteiger partial charge in [-0.25, -0.2) is 0 Å². The second-order valence-corrected chi connectivity index (χ2v) is 3.19. The van der Waals surface area contributed by atoms with Gasteiger partial charge in [-0.3, -0.25) is 9.67 Å². The Hall–Kier alpha value is -1.32. The predicted octanol–water partition coefficient (Wildman–Crippen LogP) is 1.97. The van der Waals surface area contributed by atoms with E-state index in [2.05, 4.69) is 22.3 Å². The molecule has 14 heavy (non-hydrogen) atoms. The van der Waals surface area contributed by atoms with Crippen molar-refractivity contribution in [1.29, 1.82) is 0 Å². The fourth-order valence-corrected chi connectivity index (χ4v) is 1.31. The van der Waals surface area contributed by atoms with Crippen LogP contribution in [0.4, 0.5) is 5.82 Å². The van der Waals surface area contributed by atoms with Gasteiger partial charge in [0.05, 0.1) is 5.69 Å². The van der Waals surface area contributed by atoms with Gasteiger partial charge in [-0.1, -0.05) is 6.92 Å². The Labute approximate surface area is 85.0 Å². The van der Waals surface area contributed by atoms with Crippen molar-refractivity contribution in [3.63, 3.8) is 0 Å². The molecule has 0 atom stereocenters. The molecule has 0 aliphatic rings. The number of nitrogens with zero attached hydrogens (tertiary/aromatic N) is 3. The van der Waals surface area contributed by atoms with Crippen LogP contribution in [0.1, 0.15) is 26.0 Å². The smallest absolute Gasteiger partial charge is 0.129 e. The summed E-state index contributed by atoms with van der Waals surface area (Å²) in [4.78, 5) is 4.35. The van der Waals surface area contributed by atoms with Gasteiger partial charge in [0, 0.05) is 26.1 Å². The van der Waals surface area contributed by atoms with Crippen LogP contribution in [0.2, 0.25) is 0 Å². The Morgan fingerprint density at radius 1 is 1.57 bits per heavy atom. The van der Waals surface area contributed by atoms with Crippen LogP contribution < -0.4 is 5.32 Å². The van der Waals surface area contributed by atoms with Crippen LogP contribution in [0.25, 0.3) is 0 Å². The summed E-state index contributed by atoms with van der Waals surface area (Å²) in [6.07, 6.45) is 0.915. The lowest BCUT2D eigenvalue weighted by molar-refractivity contribution is 0.765. The van der Waals surface area contributed by atoms with Gasteiger partial charge in [-0.2, -0.15) is 5.10 Å². The molecule has 0 fully saturated rings. The highest BCUT2D eigenvalue weighted by Crippen LogP contribution is 2.08. The van der Waals surface area contributed by atoms with Gasteiger partial charge in [0.2, 0.25) is 0 Å². The first-order valence-corrected chi connectivity index (χ1v) is 4.98. The topological polar surface area (TPSA) is 42.2 Å². The van der Waals surface area contributed by atoms with Crippen LogP contribution in [-0.2, 0) is 7.05 Å². The highest BCUT2D eigenvalue weighted by Gasteiger charge is 2.02. The third-order valence-electron chi connectivity index (χ3n) is 1.96. The largest absolute Gasteiger partial charge is 0.329 e. The predicted molar refractivity (Wildman–Crippen MR) is 59.8 cm³/mol. The lowest BCUT2D eigenvalue weighted by atomic mass is 10.4. The Balaban J connectivity index is 2.76. The quantitative estimate of drug-likeness (QED) is 0.590. The van der Waals surface area contributed by atoms with Crippen molar-refractivity contribution >= 4 is 11.7 Å². The van der Waals surface area contributed by atoms with E-state index in [0.717, 1.165) is 30.3 Å². The van der Waals surface area contributed by atoms with Crippen LogP contribution in [0, 0.1) is 6.92 Å². The fourth-order valence-electron chi connectivity index (χ4n) is 1.31. The maximum Gasteiger partial charge on any atom is 0.129 e. The second kappa shape index (κ2) is 4.79. The number of nitrogens with one attached hydrogen (secondary N) is 1. The maximum absolute atomic E-state index is 4.35. The third kappa shape index (κ3) is 2.58. The van der Waals surface area contributed by atoms with Gasteiger partial charge < -0.3 is 5.32 Å². The molecule has 78 valence electrons. The zero-order valence-corrected chi connectivity index (χ0v) is 9.33. The van der Waals surface area contributed by atoms with Crippen LogP contribution in [-0.4, -0.2) is 22.2 Å². The summed E-state index contributed by atoms with van der Waals surface area (Å²) in [5.74, 6) is 2.01. The minimum Gasteiger partial charge on any atom is -0.329 e. The van der Waals surface area contributed by atoms with Crippen molar-refractivity contribution in [3.05, 3.63) is 11.8 Å². The first kappa shape index (κ1) is 10.8. The molecule has 1 N–H and O–H groups in total. The molecule has 4 heteroatoms. The average molecular weight is 194 g/mol. The van der Waals surface area contributed by atoms with E-state index in [1.807, 2.05) is 31.6 Å². The summed E-state index contributed by atoms with van der Waals surface area (Å²) in [6, 6.07) is 2.01. The average Bonchev–Trinajstić information content (AvgIpc) is 2.44. The van der Waals surface area contributed by atoms with Gasteiger partial charge in [-0.05, 0) is 13.8 Å². The number of aromatic nitrogens is 2. The van der Waals surface area contributed by atoms with E-state index >= 15 is 0 Å². The monoisotopic (exact) mass is 194 g/mol. The number of amidine groups is 1. The lowest BCUT2D eigenvalue weighted by Crippen LogP contribution is -2.13. The maximum atomic E-state index is 4.35. The van der Waals surface area contributed by atoms with E-state index in [4.69, 9.17) is 0 Å². The van der Waals surface area contributed by atoms with Crippen LogP contribution >= 0.6 is 0 Å². The van der Waals surface area contributed by atoms with Crippen molar-refractivity contribution in [2.24, 2.45) is 12.0 Å². The Morgan fingerprint density at radius 2 is 2.29 bits per heavy atom. The summed E-state index contributed by atoms with van der Waals surface area (Å²) < 4.78 is 1.83. The van der Waals surface area contributed by atoms with Gasteiger partial charge in [0.25, 0.3) is 0 Å². The summed E-state index contributed by atoms with van der Waals surface area (Å²) in [7, 11) is 1.93. The van der Waals surface area contributed by atoms with Gasteiger partial charge in [0.1, 0.15) is 11.7 Å². The summed E-state index contributed by atoms with van der Waals surface area (Å²) in [6.45, 7) is 6.91. The Kier molecular flexibility index (Phi) is 3.68. The van der Waals surface area contributed by atoms with E-state index in [9.17, 15) is 0 Å². The van der Waals surface area contributed by atoms with Crippen molar-refractivity contribution < 1.29 is 0 Å². The molecule has 0 aliphatic carbocycles. The number of anilines is 1. The van der Waals surface area contributed by atoms with E-state index in [1.54, 1.807) is 0 Å². The van der Waals surface area contributed by atoms with Crippen LogP contribution in [0.5, 0.6) is 0 Å². The standard InChI is InChI=1S/C10H18N4/c1-5-9(11-6-2)12-10-7-8(3)13-14(10)4/h7H,5-6H2,1-4H3,(H,11,12). The molecule has 1 aromatic heterocycles. The molecule has 0 saturated carbocycles. The number of hydrogen-bond acceptors (Lipinski definition) is 2.